The van der Waals surface area contributed by atoms with Crippen LogP contribution in [0.2, 0.25) is 0 Å². The highest BCUT2D eigenvalue weighted by atomic mass is 79.9. The number of rotatable bonds is 5. The molecule has 0 spiro atoms. The molecule has 0 bridgehead atoms. The molecule has 0 atom stereocenters. The quantitative estimate of drug-likeness (QED) is 0.617. The number of hydrogen-bond donors (Lipinski definition) is 1. The van der Waals surface area contributed by atoms with Crippen molar-refractivity contribution in [2.24, 2.45) is 0 Å². The Morgan fingerprint density at radius 2 is 2.23 bits per heavy atom. The summed E-state index contributed by atoms with van der Waals surface area (Å²) in [5.41, 5.74) is 1.18. The number of hydrogen-bond acceptors (Lipinski definition) is 4. The third-order valence-electron chi connectivity index (χ3n) is 2.94. The van der Waals surface area contributed by atoms with Gasteiger partial charge in [-0.2, -0.15) is 0 Å². The van der Waals surface area contributed by atoms with Crippen LogP contribution in [0.15, 0.2) is 34.0 Å². The number of anilines is 1. The van der Waals surface area contributed by atoms with Crippen LogP contribution in [0, 0.1) is 5.82 Å². The molecule has 4 nitrogen and oxygen atoms in total. The first-order valence-electron chi connectivity index (χ1n) is 6.71. The molecular weight excluding hydrogens is 369 g/mol. The Kier molecular flexibility index (Phi) is 5.90. The Hall–Kier alpha value is -1.47. The van der Waals surface area contributed by atoms with E-state index < -0.39 is 11.7 Å². The second-order valence-corrected chi connectivity index (χ2v) is 6.23. The SMILES string of the molecule is CCCc1nc(SC)ncc1C(=O)Nc1ccc(Br)cc1F. The molecular formula is C15H15BrFN3OS. The fourth-order valence-corrected chi connectivity index (χ4v) is 2.59. The van der Waals surface area contributed by atoms with Crippen molar-refractivity contribution >= 4 is 39.3 Å². The summed E-state index contributed by atoms with van der Waals surface area (Å²) in [4.78, 5) is 20.9. The molecule has 0 saturated carbocycles. The molecule has 1 aromatic carbocycles. The lowest BCUT2D eigenvalue weighted by Gasteiger charge is -2.10. The Labute approximate surface area is 141 Å². The number of halogens is 2. The summed E-state index contributed by atoms with van der Waals surface area (Å²) in [6.45, 7) is 2.01. The maximum atomic E-state index is 13.8. The predicted octanol–water partition coefficient (Wildman–Crippen LogP) is 4.30. The van der Waals surface area contributed by atoms with Crippen LogP contribution >= 0.6 is 27.7 Å². The van der Waals surface area contributed by atoms with Crippen molar-refractivity contribution in [1.82, 2.24) is 9.97 Å². The number of aryl methyl sites for hydroxylation is 1. The van der Waals surface area contributed by atoms with Crippen LogP contribution in [-0.2, 0) is 6.42 Å². The Bertz CT molecular complexity index is 696. The van der Waals surface area contributed by atoms with Gasteiger partial charge in [-0.05, 0) is 30.9 Å². The van der Waals surface area contributed by atoms with Crippen LogP contribution < -0.4 is 5.32 Å². The molecule has 1 N–H and O–H groups in total. The zero-order valence-corrected chi connectivity index (χ0v) is 14.6. The monoisotopic (exact) mass is 383 g/mol. The van der Waals surface area contributed by atoms with E-state index in [1.165, 1.54) is 30.1 Å². The summed E-state index contributed by atoms with van der Waals surface area (Å²) in [5, 5.41) is 3.19. The zero-order valence-electron chi connectivity index (χ0n) is 12.2. The van der Waals surface area contributed by atoms with E-state index in [0.717, 1.165) is 6.42 Å². The van der Waals surface area contributed by atoms with Crippen molar-refractivity contribution in [2.45, 2.75) is 24.9 Å². The van der Waals surface area contributed by atoms with Gasteiger partial charge in [-0.15, -0.1) is 0 Å². The number of aromatic nitrogens is 2. The minimum Gasteiger partial charge on any atom is -0.319 e. The molecule has 0 fully saturated rings. The molecule has 2 rings (SSSR count). The Balaban J connectivity index is 2.28. The Morgan fingerprint density at radius 1 is 1.45 bits per heavy atom. The van der Waals surface area contributed by atoms with Gasteiger partial charge in [0.2, 0.25) is 0 Å². The number of carbonyl (C=O) groups excluding carboxylic acids is 1. The molecule has 0 aliphatic heterocycles. The minimum atomic E-state index is -0.499. The summed E-state index contributed by atoms with van der Waals surface area (Å²) in [7, 11) is 0. The summed E-state index contributed by atoms with van der Waals surface area (Å²) >= 11 is 4.60. The maximum absolute atomic E-state index is 13.8. The largest absolute Gasteiger partial charge is 0.319 e. The van der Waals surface area contributed by atoms with Gasteiger partial charge >= 0.3 is 0 Å². The molecule has 7 heteroatoms. The molecule has 0 aliphatic rings. The highest BCUT2D eigenvalue weighted by Gasteiger charge is 2.16. The molecule has 0 unspecified atom stereocenters. The van der Waals surface area contributed by atoms with Gasteiger partial charge in [-0.1, -0.05) is 41.0 Å². The van der Waals surface area contributed by atoms with Crippen LogP contribution in [0.25, 0.3) is 0 Å². The highest BCUT2D eigenvalue weighted by molar-refractivity contribution is 9.10. The van der Waals surface area contributed by atoms with Crippen LogP contribution in [0.5, 0.6) is 0 Å². The number of amides is 1. The van der Waals surface area contributed by atoms with E-state index >= 15 is 0 Å². The molecule has 22 heavy (non-hydrogen) atoms. The molecule has 1 aromatic heterocycles. The molecule has 1 heterocycles. The average Bonchev–Trinajstić information content (AvgIpc) is 2.50. The summed E-state index contributed by atoms with van der Waals surface area (Å²) in [6.07, 6.45) is 4.90. The number of nitrogens with one attached hydrogen (secondary N) is 1. The van der Waals surface area contributed by atoms with E-state index in [0.29, 0.717) is 27.3 Å². The fraction of sp³-hybridized carbons (Fsp3) is 0.267. The Morgan fingerprint density at radius 3 is 2.86 bits per heavy atom. The average molecular weight is 384 g/mol. The van der Waals surface area contributed by atoms with E-state index in [9.17, 15) is 9.18 Å². The van der Waals surface area contributed by atoms with Gasteiger partial charge in [0, 0.05) is 10.7 Å². The lowest BCUT2D eigenvalue weighted by Crippen LogP contribution is -2.17. The first-order valence-corrected chi connectivity index (χ1v) is 8.73. The topological polar surface area (TPSA) is 54.9 Å². The number of nitrogens with zero attached hydrogens (tertiary/aromatic N) is 2. The van der Waals surface area contributed by atoms with Crippen molar-refractivity contribution in [3.63, 3.8) is 0 Å². The van der Waals surface area contributed by atoms with Crippen molar-refractivity contribution < 1.29 is 9.18 Å². The van der Waals surface area contributed by atoms with E-state index in [-0.39, 0.29) is 5.69 Å². The van der Waals surface area contributed by atoms with E-state index in [1.807, 2.05) is 13.2 Å². The first kappa shape index (κ1) is 16.9. The van der Waals surface area contributed by atoms with Gasteiger partial charge < -0.3 is 5.32 Å². The lowest BCUT2D eigenvalue weighted by molar-refractivity contribution is 0.102. The second-order valence-electron chi connectivity index (χ2n) is 4.55. The smallest absolute Gasteiger partial charge is 0.259 e. The van der Waals surface area contributed by atoms with E-state index in [4.69, 9.17) is 0 Å². The highest BCUT2D eigenvalue weighted by Crippen LogP contribution is 2.21. The van der Waals surface area contributed by atoms with Gasteiger partial charge in [0.1, 0.15) is 5.82 Å². The van der Waals surface area contributed by atoms with Crippen molar-refractivity contribution in [1.29, 1.82) is 0 Å². The molecule has 0 aliphatic carbocycles. The normalized spacial score (nSPS) is 10.5. The van der Waals surface area contributed by atoms with E-state index in [1.54, 1.807) is 6.07 Å². The van der Waals surface area contributed by atoms with Gasteiger partial charge in [0.05, 0.1) is 16.9 Å². The second kappa shape index (κ2) is 7.69. The predicted molar refractivity (Wildman–Crippen MR) is 89.9 cm³/mol. The number of thioether (sulfide) groups is 1. The molecule has 1 amide bonds. The number of carbonyl (C=O) groups is 1. The zero-order chi connectivity index (χ0) is 16.1. The van der Waals surface area contributed by atoms with Crippen LogP contribution in [0.1, 0.15) is 29.4 Å². The van der Waals surface area contributed by atoms with Crippen LogP contribution in [0.4, 0.5) is 10.1 Å². The van der Waals surface area contributed by atoms with Crippen molar-refractivity contribution in [3.8, 4) is 0 Å². The first-order chi connectivity index (χ1) is 10.5. The van der Waals surface area contributed by atoms with Gasteiger partial charge in [0.15, 0.2) is 5.16 Å². The summed E-state index contributed by atoms with van der Waals surface area (Å²) in [5.74, 6) is -0.904. The van der Waals surface area contributed by atoms with Crippen molar-refractivity contribution in [3.05, 3.63) is 45.9 Å². The third-order valence-corrected chi connectivity index (χ3v) is 3.99. The van der Waals surface area contributed by atoms with Crippen LogP contribution in [-0.4, -0.2) is 22.1 Å². The van der Waals surface area contributed by atoms with Gasteiger partial charge in [-0.3, -0.25) is 4.79 Å². The van der Waals surface area contributed by atoms with E-state index in [2.05, 4.69) is 31.2 Å². The molecule has 0 radical (unpaired) electrons. The minimum absolute atomic E-state index is 0.129. The molecule has 0 saturated heterocycles. The molecule has 116 valence electrons. The third kappa shape index (κ3) is 4.04. The summed E-state index contributed by atoms with van der Waals surface area (Å²) < 4.78 is 14.4. The molecule has 2 aromatic rings. The van der Waals surface area contributed by atoms with Crippen LogP contribution in [0.3, 0.4) is 0 Å². The van der Waals surface area contributed by atoms with Gasteiger partial charge in [-0.25, -0.2) is 14.4 Å². The summed E-state index contributed by atoms with van der Waals surface area (Å²) in [6, 6.07) is 4.47. The van der Waals surface area contributed by atoms with Gasteiger partial charge in [0.25, 0.3) is 5.91 Å². The standard InChI is InChI=1S/C15H15BrFN3OS/c1-3-4-12-10(8-18-15(20-12)22-2)14(21)19-13-6-5-9(16)7-11(13)17/h5-8H,3-4H2,1-2H3,(H,19,21). The maximum Gasteiger partial charge on any atom is 0.259 e. The van der Waals surface area contributed by atoms with Crippen molar-refractivity contribution in [2.75, 3.05) is 11.6 Å². The fourth-order valence-electron chi connectivity index (χ4n) is 1.89. The lowest BCUT2D eigenvalue weighted by atomic mass is 10.1. The number of benzene rings is 1.